The molecule has 5 heteroatoms. The zero-order valence-electron chi connectivity index (χ0n) is 11.4. The summed E-state index contributed by atoms with van der Waals surface area (Å²) in [5.41, 5.74) is 3.54. The van der Waals surface area contributed by atoms with E-state index in [9.17, 15) is 0 Å². The first kappa shape index (κ1) is 17.4. The van der Waals surface area contributed by atoms with Crippen molar-refractivity contribution in [2.75, 3.05) is 33.7 Å². The number of nitrogens with one attached hydrogen (secondary N) is 1. The van der Waals surface area contributed by atoms with Crippen molar-refractivity contribution in [1.29, 1.82) is 5.26 Å². The standard InChI is InChI=1S/C11H23N3.CN.Na/c1-13(2)11-6-8-14(9-11)12-7-5-10-3-4-10;1-2;/h10-12H,3-9H2,1-2H3;;/q;-1;+1. The number of hydrazine groups is 1. The van der Waals surface area contributed by atoms with E-state index in [1.807, 2.05) is 0 Å². The van der Waals surface area contributed by atoms with E-state index in [2.05, 4.69) is 29.4 Å². The molecule has 0 spiro atoms. The van der Waals surface area contributed by atoms with Crippen LogP contribution in [0.5, 0.6) is 0 Å². The Balaban J connectivity index is 0.000000811. The molecule has 1 heterocycles. The molecule has 0 aromatic carbocycles. The Morgan fingerprint density at radius 1 is 1.29 bits per heavy atom. The Hall–Kier alpha value is 0.370. The van der Waals surface area contributed by atoms with Gasteiger partial charge in [0.05, 0.1) is 0 Å². The van der Waals surface area contributed by atoms with Gasteiger partial charge in [0.25, 0.3) is 0 Å². The maximum absolute atomic E-state index is 6.25. The van der Waals surface area contributed by atoms with Crippen LogP contribution >= 0.6 is 0 Å². The third-order valence-corrected chi connectivity index (χ3v) is 3.48. The van der Waals surface area contributed by atoms with Gasteiger partial charge in [0.15, 0.2) is 0 Å². The summed E-state index contributed by atoms with van der Waals surface area (Å²) < 4.78 is 0. The van der Waals surface area contributed by atoms with Gasteiger partial charge in [-0.15, -0.1) is 0 Å². The van der Waals surface area contributed by atoms with Crippen LogP contribution in [-0.4, -0.2) is 49.7 Å². The Labute approximate surface area is 128 Å². The van der Waals surface area contributed by atoms with Crippen molar-refractivity contribution in [2.24, 2.45) is 5.92 Å². The normalized spacial score (nSPS) is 23.9. The fourth-order valence-electron chi connectivity index (χ4n) is 2.14. The Bertz CT molecular complexity index is 216. The van der Waals surface area contributed by atoms with Crippen LogP contribution in [0.4, 0.5) is 0 Å². The first-order valence-electron chi connectivity index (χ1n) is 6.13. The van der Waals surface area contributed by atoms with Crippen LogP contribution in [0, 0.1) is 17.8 Å². The van der Waals surface area contributed by atoms with Crippen LogP contribution in [-0.2, 0) is 0 Å². The van der Waals surface area contributed by atoms with Gasteiger partial charge in [-0.2, -0.15) is 0 Å². The number of hydrogen-bond donors (Lipinski definition) is 1. The monoisotopic (exact) mass is 246 g/mol. The van der Waals surface area contributed by atoms with E-state index in [0.29, 0.717) is 0 Å². The molecule has 4 nitrogen and oxygen atoms in total. The molecular weight excluding hydrogens is 223 g/mol. The van der Waals surface area contributed by atoms with Crippen molar-refractivity contribution < 1.29 is 29.6 Å². The van der Waals surface area contributed by atoms with Gasteiger partial charge in [0.2, 0.25) is 0 Å². The summed E-state index contributed by atoms with van der Waals surface area (Å²) in [6, 6.07) is 0.753. The van der Waals surface area contributed by atoms with Crippen molar-refractivity contribution in [3.63, 3.8) is 0 Å². The van der Waals surface area contributed by atoms with E-state index in [1.165, 1.54) is 45.3 Å². The summed E-state index contributed by atoms with van der Waals surface area (Å²) in [5.74, 6) is 1.05. The minimum atomic E-state index is 0. The summed E-state index contributed by atoms with van der Waals surface area (Å²) in [7, 11) is 4.36. The average molecular weight is 246 g/mol. The van der Waals surface area contributed by atoms with Crippen molar-refractivity contribution in [2.45, 2.75) is 31.7 Å². The van der Waals surface area contributed by atoms with Crippen LogP contribution in [0.1, 0.15) is 25.7 Å². The van der Waals surface area contributed by atoms with Gasteiger partial charge < -0.3 is 16.7 Å². The molecule has 1 aliphatic heterocycles. The fourth-order valence-corrected chi connectivity index (χ4v) is 2.14. The van der Waals surface area contributed by atoms with Crippen LogP contribution in [0.15, 0.2) is 0 Å². The molecule has 92 valence electrons. The van der Waals surface area contributed by atoms with Crippen molar-refractivity contribution in [3.05, 3.63) is 6.57 Å². The smallest absolute Gasteiger partial charge is 0.512 e. The van der Waals surface area contributed by atoms with Crippen LogP contribution in [0.25, 0.3) is 0 Å². The molecule has 2 rings (SSSR count). The van der Waals surface area contributed by atoms with E-state index in [1.54, 1.807) is 0 Å². The van der Waals surface area contributed by atoms with Crippen LogP contribution in [0.2, 0.25) is 0 Å². The number of likely N-dealkylation sites (N-methyl/N-ethyl adjacent to an activating group) is 1. The molecule has 0 aromatic heterocycles. The summed E-state index contributed by atoms with van der Waals surface area (Å²) in [4.78, 5) is 2.34. The molecule has 1 unspecified atom stereocenters. The average Bonchev–Trinajstić information content (AvgIpc) is 2.97. The third kappa shape index (κ3) is 6.76. The van der Waals surface area contributed by atoms with E-state index in [4.69, 9.17) is 11.8 Å². The summed E-state index contributed by atoms with van der Waals surface area (Å²) in [6.45, 7) is 8.34. The molecule has 0 bridgehead atoms. The summed E-state index contributed by atoms with van der Waals surface area (Å²) in [5, 5.41) is 8.65. The van der Waals surface area contributed by atoms with Gasteiger partial charge in [0, 0.05) is 25.7 Å². The number of rotatable bonds is 5. The van der Waals surface area contributed by atoms with Crippen molar-refractivity contribution in [3.8, 4) is 0 Å². The molecule has 1 saturated carbocycles. The molecule has 1 N–H and O–H groups in total. The van der Waals surface area contributed by atoms with Gasteiger partial charge in [-0.1, -0.05) is 12.8 Å². The van der Waals surface area contributed by atoms with Crippen molar-refractivity contribution in [1.82, 2.24) is 15.3 Å². The topological polar surface area (TPSA) is 42.3 Å². The van der Waals surface area contributed by atoms with Gasteiger partial charge >= 0.3 is 29.6 Å². The Kier molecular flexibility index (Phi) is 9.52. The molecule has 2 aliphatic rings. The SMILES string of the molecule is CN(C)C1CCN(NCCC2CC2)C1.[C-]#N.[Na+]. The van der Waals surface area contributed by atoms with Gasteiger partial charge in [-0.25, -0.2) is 5.01 Å². The molecule has 0 amide bonds. The maximum Gasteiger partial charge on any atom is 1.00 e. The molecule has 1 atom stereocenters. The molecule has 1 aliphatic carbocycles. The predicted octanol–water partition coefficient (Wildman–Crippen LogP) is -1.97. The van der Waals surface area contributed by atoms with Crippen molar-refractivity contribution >= 4 is 0 Å². The van der Waals surface area contributed by atoms with Crippen LogP contribution < -0.4 is 35.0 Å². The molecule has 0 aromatic rings. The van der Waals surface area contributed by atoms with Gasteiger partial charge in [0.1, 0.15) is 0 Å². The predicted molar refractivity (Wildman–Crippen MR) is 64.0 cm³/mol. The molecule has 17 heavy (non-hydrogen) atoms. The second kappa shape index (κ2) is 9.32. The van der Waals surface area contributed by atoms with Crippen LogP contribution in [0.3, 0.4) is 0 Å². The zero-order valence-corrected chi connectivity index (χ0v) is 13.4. The van der Waals surface area contributed by atoms with E-state index >= 15 is 0 Å². The third-order valence-electron chi connectivity index (χ3n) is 3.48. The molecule has 1 saturated heterocycles. The van der Waals surface area contributed by atoms with E-state index < -0.39 is 0 Å². The summed E-state index contributed by atoms with van der Waals surface area (Å²) in [6.07, 6.45) is 5.64. The Morgan fingerprint density at radius 2 is 1.94 bits per heavy atom. The molecule has 2 fully saturated rings. The fraction of sp³-hybridized carbons (Fsp3) is 0.917. The quantitative estimate of drug-likeness (QED) is 0.451. The van der Waals surface area contributed by atoms with E-state index in [0.717, 1.165) is 12.0 Å². The molecule has 0 radical (unpaired) electrons. The number of nitrogens with zero attached hydrogens (tertiary/aromatic N) is 3. The van der Waals surface area contributed by atoms with E-state index in [-0.39, 0.29) is 29.6 Å². The first-order chi connectivity index (χ1) is 7.75. The minimum Gasteiger partial charge on any atom is -0.512 e. The number of hydrogen-bond acceptors (Lipinski definition) is 4. The largest absolute Gasteiger partial charge is 1.00 e. The van der Waals surface area contributed by atoms with Gasteiger partial charge in [-0.05, 0) is 32.9 Å². The maximum atomic E-state index is 6.25. The molecular formula is C12H23N4Na. The minimum absolute atomic E-state index is 0. The zero-order chi connectivity index (χ0) is 12.0. The second-order valence-electron chi connectivity index (χ2n) is 4.99. The Morgan fingerprint density at radius 3 is 2.41 bits per heavy atom. The summed E-state index contributed by atoms with van der Waals surface area (Å²) >= 11 is 0. The van der Waals surface area contributed by atoms with Gasteiger partial charge in [-0.3, -0.25) is 5.43 Å². The first-order valence-corrected chi connectivity index (χ1v) is 6.13. The second-order valence-corrected chi connectivity index (χ2v) is 4.99.